The second-order valence-electron chi connectivity index (χ2n) is 4.74. The van der Waals surface area contributed by atoms with Crippen LogP contribution in [0, 0.1) is 5.92 Å². The molecule has 2 N–H and O–H groups in total. The van der Waals surface area contributed by atoms with Crippen molar-refractivity contribution in [2.24, 2.45) is 5.92 Å². The lowest BCUT2D eigenvalue weighted by Crippen LogP contribution is -2.50. The number of hydrogen-bond acceptors (Lipinski definition) is 3. The van der Waals surface area contributed by atoms with Gasteiger partial charge in [0.05, 0.1) is 6.10 Å². The minimum atomic E-state index is -0.986. The highest BCUT2D eigenvalue weighted by Crippen LogP contribution is 2.13. The third-order valence-electron chi connectivity index (χ3n) is 3.52. The molecule has 0 radical (unpaired) electrons. The maximum absolute atomic E-state index is 11.9. The fourth-order valence-electron chi connectivity index (χ4n) is 2.01. The third kappa shape index (κ3) is 3.60. The smallest absolute Gasteiger partial charge is 0.326 e. The normalized spacial score (nSPS) is 22.6. The molecule has 0 bridgehead atoms. The maximum atomic E-state index is 11.9. The molecule has 1 aliphatic heterocycles. The molecule has 0 aromatic heterocycles. The lowest BCUT2D eigenvalue weighted by atomic mass is 9.99. The molecule has 1 aliphatic rings. The van der Waals surface area contributed by atoms with Crippen molar-refractivity contribution in [2.45, 2.75) is 38.8 Å². The fourth-order valence-corrected chi connectivity index (χ4v) is 2.01. The number of carboxylic acid groups (broad SMARTS) is 1. The molecule has 0 aliphatic carbocycles. The number of ether oxygens (including phenoxy) is 1. The average Bonchev–Trinajstić information content (AvgIpc) is 2.83. The molecule has 1 rings (SSSR count). The van der Waals surface area contributed by atoms with Crippen molar-refractivity contribution in [3.8, 4) is 0 Å². The van der Waals surface area contributed by atoms with E-state index in [0.717, 1.165) is 6.42 Å². The largest absolute Gasteiger partial charge is 0.480 e. The Labute approximate surface area is 107 Å². The number of carbonyl (C=O) groups excluding carboxylic acids is 1. The number of carboxylic acids is 1. The molecular formula is C12H22N2O4. The van der Waals surface area contributed by atoms with Crippen molar-refractivity contribution in [1.29, 1.82) is 0 Å². The summed E-state index contributed by atoms with van der Waals surface area (Å²) >= 11 is 0. The van der Waals surface area contributed by atoms with Gasteiger partial charge < -0.3 is 20.1 Å². The van der Waals surface area contributed by atoms with Gasteiger partial charge in [-0.05, 0) is 12.3 Å². The summed E-state index contributed by atoms with van der Waals surface area (Å²) < 4.78 is 5.17. The van der Waals surface area contributed by atoms with Crippen LogP contribution in [-0.2, 0) is 9.53 Å². The van der Waals surface area contributed by atoms with Crippen LogP contribution in [0.3, 0.4) is 0 Å². The van der Waals surface area contributed by atoms with E-state index < -0.39 is 12.0 Å². The molecule has 3 unspecified atom stereocenters. The molecule has 0 aromatic rings. The van der Waals surface area contributed by atoms with E-state index in [2.05, 4.69) is 5.32 Å². The number of amides is 2. The lowest BCUT2D eigenvalue weighted by Gasteiger charge is -2.24. The SMILES string of the molecule is CCC(C)C(NC(=O)N1CCC(OC)C1)C(=O)O. The molecule has 1 fully saturated rings. The number of rotatable bonds is 5. The van der Waals surface area contributed by atoms with Gasteiger partial charge in [-0.15, -0.1) is 0 Å². The zero-order chi connectivity index (χ0) is 13.7. The van der Waals surface area contributed by atoms with Gasteiger partial charge in [0, 0.05) is 20.2 Å². The molecule has 2 amide bonds. The van der Waals surface area contributed by atoms with Gasteiger partial charge >= 0.3 is 12.0 Å². The van der Waals surface area contributed by atoms with E-state index in [9.17, 15) is 9.59 Å². The van der Waals surface area contributed by atoms with Crippen LogP contribution in [-0.4, -0.2) is 54.4 Å². The summed E-state index contributed by atoms with van der Waals surface area (Å²) in [5.41, 5.74) is 0. The van der Waals surface area contributed by atoms with Crippen LogP contribution in [0.5, 0.6) is 0 Å². The topological polar surface area (TPSA) is 78.9 Å². The van der Waals surface area contributed by atoms with Gasteiger partial charge in [-0.3, -0.25) is 0 Å². The van der Waals surface area contributed by atoms with Crippen molar-refractivity contribution in [2.75, 3.05) is 20.2 Å². The molecule has 0 saturated carbocycles. The lowest BCUT2D eigenvalue weighted by molar-refractivity contribution is -0.140. The van der Waals surface area contributed by atoms with Crippen molar-refractivity contribution in [3.63, 3.8) is 0 Å². The van der Waals surface area contributed by atoms with E-state index in [1.165, 1.54) is 0 Å². The van der Waals surface area contributed by atoms with E-state index in [-0.39, 0.29) is 18.1 Å². The van der Waals surface area contributed by atoms with E-state index in [1.54, 1.807) is 12.0 Å². The van der Waals surface area contributed by atoms with Crippen molar-refractivity contribution >= 4 is 12.0 Å². The number of aliphatic carboxylic acids is 1. The van der Waals surface area contributed by atoms with Gasteiger partial charge in [-0.2, -0.15) is 0 Å². The summed E-state index contributed by atoms with van der Waals surface area (Å²) in [6, 6.07) is -1.15. The summed E-state index contributed by atoms with van der Waals surface area (Å²) in [7, 11) is 1.62. The quantitative estimate of drug-likeness (QED) is 0.768. The molecule has 1 heterocycles. The predicted octanol–water partition coefficient (Wildman–Crippen LogP) is 0.916. The number of likely N-dealkylation sites (tertiary alicyclic amines) is 1. The van der Waals surface area contributed by atoms with Gasteiger partial charge in [-0.25, -0.2) is 9.59 Å². The Kier molecular flexibility index (Phi) is 5.40. The summed E-state index contributed by atoms with van der Waals surface area (Å²) in [6.07, 6.45) is 1.56. The first kappa shape index (κ1) is 14.8. The third-order valence-corrected chi connectivity index (χ3v) is 3.52. The van der Waals surface area contributed by atoms with Crippen molar-refractivity contribution < 1.29 is 19.4 Å². The summed E-state index contributed by atoms with van der Waals surface area (Å²) in [5, 5.41) is 11.7. The highest BCUT2D eigenvalue weighted by Gasteiger charge is 2.31. The Bertz CT molecular complexity index is 308. The van der Waals surface area contributed by atoms with Crippen LogP contribution in [0.4, 0.5) is 4.79 Å². The molecule has 0 spiro atoms. The molecule has 18 heavy (non-hydrogen) atoms. The first-order valence-corrected chi connectivity index (χ1v) is 6.30. The first-order chi connectivity index (χ1) is 8.49. The minimum absolute atomic E-state index is 0.0580. The second-order valence-corrected chi connectivity index (χ2v) is 4.74. The molecular weight excluding hydrogens is 236 g/mol. The van der Waals surface area contributed by atoms with Gasteiger partial charge in [0.15, 0.2) is 0 Å². The minimum Gasteiger partial charge on any atom is -0.480 e. The van der Waals surface area contributed by atoms with Crippen LogP contribution in [0.15, 0.2) is 0 Å². The van der Waals surface area contributed by atoms with Crippen LogP contribution in [0.2, 0.25) is 0 Å². The molecule has 0 aromatic carbocycles. The summed E-state index contributed by atoms with van der Waals surface area (Å²) in [6.45, 7) is 4.86. The van der Waals surface area contributed by atoms with Crippen molar-refractivity contribution in [1.82, 2.24) is 10.2 Å². The summed E-state index contributed by atoms with van der Waals surface area (Å²) in [5.74, 6) is -1.08. The van der Waals surface area contributed by atoms with Crippen LogP contribution in [0.25, 0.3) is 0 Å². The number of methoxy groups -OCH3 is 1. The number of hydrogen-bond donors (Lipinski definition) is 2. The number of urea groups is 1. The van der Waals surface area contributed by atoms with E-state index in [4.69, 9.17) is 9.84 Å². The van der Waals surface area contributed by atoms with E-state index >= 15 is 0 Å². The summed E-state index contributed by atoms with van der Waals surface area (Å²) in [4.78, 5) is 24.7. The van der Waals surface area contributed by atoms with Crippen molar-refractivity contribution in [3.05, 3.63) is 0 Å². The molecule has 6 nitrogen and oxygen atoms in total. The van der Waals surface area contributed by atoms with Crippen LogP contribution in [0.1, 0.15) is 26.7 Å². The molecule has 6 heteroatoms. The van der Waals surface area contributed by atoms with Crippen LogP contribution < -0.4 is 5.32 Å². The Morgan fingerprint density at radius 2 is 2.22 bits per heavy atom. The average molecular weight is 258 g/mol. The zero-order valence-corrected chi connectivity index (χ0v) is 11.2. The monoisotopic (exact) mass is 258 g/mol. The first-order valence-electron chi connectivity index (χ1n) is 6.30. The Balaban J connectivity index is 2.54. The van der Waals surface area contributed by atoms with Crippen LogP contribution >= 0.6 is 0 Å². The van der Waals surface area contributed by atoms with Gasteiger partial charge in [0.1, 0.15) is 6.04 Å². The zero-order valence-electron chi connectivity index (χ0n) is 11.2. The van der Waals surface area contributed by atoms with E-state index in [1.807, 2.05) is 13.8 Å². The van der Waals surface area contributed by atoms with Gasteiger partial charge in [0.2, 0.25) is 0 Å². The Morgan fingerprint density at radius 1 is 1.56 bits per heavy atom. The number of carbonyl (C=O) groups is 2. The highest BCUT2D eigenvalue weighted by molar-refractivity contribution is 5.82. The Hall–Kier alpha value is -1.30. The van der Waals surface area contributed by atoms with Gasteiger partial charge in [-0.1, -0.05) is 20.3 Å². The second kappa shape index (κ2) is 6.58. The van der Waals surface area contributed by atoms with E-state index in [0.29, 0.717) is 19.5 Å². The standard InChI is InChI=1S/C12H22N2O4/c1-4-8(2)10(11(15)16)13-12(17)14-6-5-9(7-14)18-3/h8-10H,4-7H2,1-3H3,(H,13,17)(H,15,16). The number of nitrogens with zero attached hydrogens (tertiary/aromatic N) is 1. The molecule has 3 atom stereocenters. The Morgan fingerprint density at radius 3 is 2.67 bits per heavy atom. The maximum Gasteiger partial charge on any atom is 0.326 e. The number of nitrogens with one attached hydrogen (secondary N) is 1. The van der Waals surface area contributed by atoms with Gasteiger partial charge in [0.25, 0.3) is 0 Å². The highest BCUT2D eigenvalue weighted by atomic mass is 16.5. The predicted molar refractivity (Wildman–Crippen MR) is 66.4 cm³/mol. The molecule has 104 valence electrons. The fraction of sp³-hybridized carbons (Fsp3) is 0.833. The molecule has 1 saturated heterocycles.